The third-order valence-electron chi connectivity index (χ3n) is 12.8. The van der Waals surface area contributed by atoms with E-state index in [9.17, 15) is 64.7 Å². The maximum atomic E-state index is 15.8. The van der Waals surface area contributed by atoms with Crippen molar-refractivity contribution in [3.63, 3.8) is 0 Å². The molecule has 4 amide bonds. The van der Waals surface area contributed by atoms with E-state index in [1.54, 1.807) is 41.5 Å². The highest BCUT2D eigenvalue weighted by molar-refractivity contribution is 8.00. The summed E-state index contributed by atoms with van der Waals surface area (Å²) in [5.41, 5.74) is -15.2. The van der Waals surface area contributed by atoms with Gasteiger partial charge in [-0.1, -0.05) is 65.8 Å². The van der Waals surface area contributed by atoms with Gasteiger partial charge in [0.15, 0.2) is 24.4 Å². The van der Waals surface area contributed by atoms with E-state index in [2.05, 4.69) is 0 Å². The van der Waals surface area contributed by atoms with Crippen LogP contribution in [0.2, 0.25) is 0 Å². The molecule has 0 saturated carbocycles. The van der Waals surface area contributed by atoms with Crippen LogP contribution in [-0.4, -0.2) is 166 Å². The molecule has 16 nitrogen and oxygen atoms in total. The lowest BCUT2D eigenvalue weighted by molar-refractivity contribution is -0.177. The first-order valence-electron chi connectivity index (χ1n) is 26.1. The standard InChI is InChI=1S/C56H76F8N4O12S2/c1-31-43(69)65(13)39(29-53(9,10)57)49(75)79-42(26-34-19-23-36(24-20-34)82-56(62,63)64)46(72)68(16)38(28-52(6,7)8)48(74)78-32(2)44(70)66(14)40(30-54(11,12)58)50(76)80-41(25-33-17-21-35(22-18-33)81-55(59,60)61)45(71)67(15)37(47(73)77-31)27-51(3,4)5/h17-24,31-32,37-42H,25-30H2,1-16H3/t31-,32-,37+,38+,39+,40+,41+,42+/m1/s1. The maximum Gasteiger partial charge on any atom is 0.446 e. The fourth-order valence-electron chi connectivity index (χ4n) is 8.72. The summed E-state index contributed by atoms with van der Waals surface area (Å²) >= 11 is -0.836. The van der Waals surface area contributed by atoms with Crippen molar-refractivity contribution < 1.29 is 92.4 Å². The molecule has 0 radical (unpaired) electrons. The molecule has 0 aromatic heterocycles. The van der Waals surface area contributed by atoms with Gasteiger partial charge in [-0.3, -0.25) is 19.2 Å². The quantitative estimate of drug-likeness (QED) is 0.0846. The minimum atomic E-state index is -4.66. The lowest BCUT2D eigenvalue weighted by Gasteiger charge is -2.37. The van der Waals surface area contributed by atoms with Gasteiger partial charge in [0.05, 0.1) is 0 Å². The molecule has 2 aromatic carbocycles. The summed E-state index contributed by atoms with van der Waals surface area (Å²) in [5.74, 6) is -9.60. The Hall–Kier alpha value is -5.66. The molecule has 1 fully saturated rings. The Kier molecular flexibility index (Phi) is 24.0. The number of halogens is 8. The van der Waals surface area contributed by atoms with Gasteiger partial charge in [0.2, 0.25) is 0 Å². The van der Waals surface area contributed by atoms with Crippen molar-refractivity contribution in [3.8, 4) is 0 Å². The number of alkyl halides is 8. The number of likely N-dealkylation sites (N-methyl/N-ethyl adjacent to an activating group) is 4. The van der Waals surface area contributed by atoms with Crippen LogP contribution in [0, 0.1) is 10.8 Å². The second-order valence-corrected chi connectivity index (χ2v) is 26.3. The number of cyclic esters (lactones) is 4. The molecule has 82 heavy (non-hydrogen) atoms. The third-order valence-corrected chi connectivity index (χ3v) is 14.3. The van der Waals surface area contributed by atoms with Gasteiger partial charge in [-0.25, -0.2) is 28.0 Å². The highest BCUT2D eigenvalue weighted by Gasteiger charge is 2.45. The first-order valence-corrected chi connectivity index (χ1v) is 27.7. The number of thioether (sulfide) groups is 2. The van der Waals surface area contributed by atoms with E-state index in [1.165, 1.54) is 24.3 Å². The normalized spacial score (nSPS) is 24.0. The Balaban J connectivity index is 2.36. The van der Waals surface area contributed by atoms with Crippen LogP contribution in [-0.2, 0) is 70.1 Å². The molecule has 0 unspecified atom stereocenters. The van der Waals surface area contributed by atoms with E-state index in [1.807, 2.05) is 0 Å². The minimum Gasteiger partial charge on any atom is -0.451 e. The van der Waals surface area contributed by atoms with Crippen LogP contribution in [0.5, 0.6) is 0 Å². The Labute approximate surface area is 482 Å². The van der Waals surface area contributed by atoms with Crippen molar-refractivity contribution in [2.45, 2.75) is 202 Å². The van der Waals surface area contributed by atoms with Crippen molar-refractivity contribution >= 4 is 71.0 Å². The number of esters is 4. The van der Waals surface area contributed by atoms with Crippen LogP contribution in [0.4, 0.5) is 35.1 Å². The minimum absolute atomic E-state index is 0.144. The lowest BCUT2D eigenvalue weighted by atomic mass is 9.87. The molecule has 1 saturated heterocycles. The smallest absolute Gasteiger partial charge is 0.446 e. The molecular formula is C56H76F8N4O12S2. The van der Waals surface area contributed by atoms with E-state index in [0.717, 1.165) is 114 Å². The molecule has 1 aliphatic heterocycles. The number of ether oxygens (including phenoxy) is 4. The number of hydrogen-bond donors (Lipinski definition) is 0. The molecule has 3 rings (SSSR count). The van der Waals surface area contributed by atoms with Crippen LogP contribution < -0.4 is 0 Å². The molecule has 460 valence electrons. The van der Waals surface area contributed by atoms with Crippen molar-refractivity contribution in [1.82, 2.24) is 19.6 Å². The van der Waals surface area contributed by atoms with Crippen LogP contribution in [0.15, 0.2) is 58.3 Å². The van der Waals surface area contributed by atoms with Crippen LogP contribution in [0.1, 0.15) is 120 Å². The van der Waals surface area contributed by atoms with Crippen molar-refractivity contribution in [2.24, 2.45) is 10.8 Å². The highest BCUT2D eigenvalue weighted by atomic mass is 32.2. The van der Waals surface area contributed by atoms with Gasteiger partial charge in [-0.05, 0) is 124 Å². The maximum absolute atomic E-state index is 15.8. The molecule has 2 aromatic rings. The number of nitrogens with zero attached hydrogens (tertiary/aromatic N) is 4. The average Bonchev–Trinajstić information content (AvgIpc) is 3.36. The summed E-state index contributed by atoms with van der Waals surface area (Å²) in [6, 6.07) is 2.34. The third kappa shape index (κ3) is 22.8. The van der Waals surface area contributed by atoms with Crippen molar-refractivity contribution in [1.29, 1.82) is 0 Å². The van der Waals surface area contributed by atoms with Gasteiger partial charge in [0.25, 0.3) is 23.6 Å². The molecule has 1 heterocycles. The monoisotopic (exact) mass is 1210 g/mol. The van der Waals surface area contributed by atoms with Gasteiger partial charge >= 0.3 is 34.9 Å². The zero-order chi connectivity index (χ0) is 63.0. The first kappa shape index (κ1) is 70.6. The van der Waals surface area contributed by atoms with Crippen molar-refractivity contribution in [3.05, 3.63) is 59.7 Å². The Bertz CT molecular complexity index is 2380. The van der Waals surface area contributed by atoms with Crippen LogP contribution in [0.25, 0.3) is 0 Å². The SMILES string of the molecule is C[C@H]1OC(=O)[C@H](CC(C)(C)C)N(C)C(=O)[C@H](Cc2ccc(SC(F)(F)F)cc2)OC(=O)[C@H](CC(C)(C)F)N(C)C(=O)[C@@H](C)OC(=O)[C@H](CC(C)(C)C)N(C)C(=O)[C@H](Cc2ccc(SC(F)(F)F)cc2)OC(=O)[C@H](CC(C)(C)F)N(C)C1=O. The predicted octanol–water partition coefficient (Wildman–Crippen LogP) is 9.85. The summed E-state index contributed by atoms with van der Waals surface area (Å²) < 4.78 is 134. The molecule has 26 heteroatoms. The molecule has 0 spiro atoms. The molecule has 0 bridgehead atoms. The van der Waals surface area contributed by atoms with Crippen LogP contribution in [0.3, 0.4) is 0 Å². The summed E-state index contributed by atoms with van der Waals surface area (Å²) in [5, 5.41) is 0. The second kappa shape index (κ2) is 27.8. The van der Waals surface area contributed by atoms with Gasteiger partial charge in [-0.2, -0.15) is 26.3 Å². The van der Waals surface area contributed by atoms with Gasteiger partial charge in [0, 0.05) is 63.7 Å². The van der Waals surface area contributed by atoms with Crippen LogP contribution >= 0.6 is 23.5 Å². The Morgan fingerprint density at radius 2 is 0.634 bits per heavy atom. The number of hydrogen-bond acceptors (Lipinski definition) is 14. The van der Waals surface area contributed by atoms with E-state index in [0.29, 0.717) is 0 Å². The summed E-state index contributed by atoms with van der Waals surface area (Å²) in [6.07, 6.45) is -10.6. The van der Waals surface area contributed by atoms with Gasteiger partial charge in [-0.15, -0.1) is 0 Å². The molecule has 8 atom stereocenters. The first-order chi connectivity index (χ1) is 37.2. The number of carbonyl (C=O) groups excluding carboxylic acids is 8. The topological polar surface area (TPSA) is 186 Å². The van der Waals surface area contributed by atoms with E-state index < -0.39 is 178 Å². The predicted molar refractivity (Wildman–Crippen MR) is 289 cm³/mol. The molecule has 0 aliphatic carbocycles. The summed E-state index contributed by atoms with van der Waals surface area (Å²) in [4.78, 5) is 119. The summed E-state index contributed by atoms with van der Waals surface area (Å²) in [7, 11) is 4.42. The zero-order valence-corrected chi connectivity index (χ0v) is 50.6. The van der Waals surface area contributed by atoms with Gasteiger partial charge < -0.3 is 38.5 Å². The second-order valence-electron chi connectivity index (χ2n) is 24.0. The summed E-state index contributed by atoms with van der Waals surface area (Å²) in [6.45, 7) is 16.7. The highest BCUT2D eigenvalue weighted by Crippen LogP contribution is 2.38. The number of amides is 4. The average molecular weight is 1210 g/mol. The molecule has 1 aliphatic rings. The van der Waals surface area contributed by atoms with E-state index >= 15 is 8.78 Å². The number of benzene rings is 2. The molecular weight excluding hydrogens is 1140 g/mol. The zero-order valence-electron chi connectivity index (χ0n) is 49.0. The Morgan fingerprint density at radius 3 is 0.878 bits per heavy atom. The largest absolute Gasteiger partial charge is 0.451 e. The fraction of sp³-hybridized carbons (Fsp3) is 0.643. The van der Waals surface area contributed by atoms with E-state index in [-0.39, 0.29) is 33.8 Å². The lowest BCUT2D eigenvalue weighted by Crippen LogP contribution is -2.55. The fourth-order valence-corrected chi connectivity index (χ4v) is 9.80. The molecule has 0 N–H and O–H groups in total. The van der Waals surface area contributed by atoms with Gasteiger partial charge in [0.1, 0.15) is 35.5 Å². The van der Waals surface area contributed by atoms with Crippen molar-refractivity contribution in [2.75, 3.05) is 28.2 Å². The Morgan fingerprint density at radius 1 is 0.390 bits per heavy atom. The number of rotatable bonds is 12. The number of carbonyl (C=O) groups is 8. The van der Waals surface area contributed by atoms with E-state index in [4.69, 9.17) is 18.9 Å².